The van der Waals surface area contributed by atoms with Crippen molar-refractivity contribution in [3.63, 3.8) is 0 Å². The third-order valence-electron chi connectivity index (χ3n) is 7.81. The van der Waals surface area contributed by atoms with Crippen LogP contribution < -0.4 is 4.74 Å². The summed E-state index contributed by atoms with van der Waals surface area (Å²) in [5, 5.41) is 10.5. The fraction of sp³-hybridized carbons (Fsp3) is 0.600. The molecule has 5 atom stereocenters. The molecule has 2 heteroatoms. The second-order valence-corrected chi connectivity index (χ2v) is 9.07. The Kier molecular flexibility index (Phi) is 5.20. The highest BCUT2D eigenvalue weighted by molar-refractivity contribution is 5.41. The van der Waals surface area contributed by atoms with E-state index in [1.165, 1.54) is 36.8 Å². The molecule has 27 heavy (non-hydrogen) atoms. The number of aryl methyl sites for hydroxylation is 1. The van der Waals surface area contributed by atoms with Crippen LogP contribution in [0.25, 0.3) is 0 Å². The van der Waals surface area contributed by atoms with Gasteiger partial charge in [0, 0.05) is 0 Å². The Morgan fingerprint density at radius 1 is 1.22 bits per heavy atom. The summed E-state index contributed by atoms with van der Waals surface area (Å²) >= 11 is 0. The fourth-order valence-electron chi connectivity index (χ4n) is 6.23. The molecule has 2 nitrogen and oxygen atoms in total. The highest BCUT2D eigenvalue weighted by Gasteiger charge is 2.54. The van der Waals surface area contributed by atoms with Gasteiger partial charge in [0.25, 0.3) is 0 Å². The Morgan fingerprint density at radius 2 is 2.07 bits per heavy atom. The van der Waals surface area contributed by atoms with Crippen LogP contribution in [0.15, 0.2) is 42.0 Å². The number of aliphatic hydroxyl groups is 1. The summed E-state index contributed by atoms with van der Waals surface area (Å²) in [6.45, 7) is 7.07. The molecule has 1 N–H and O–H groups in total. The molecule has 1 aromatic rings. The maximum absolute atomic E-state index is 10.5. The smallest absolute Gasteiger partial charge is 0.120 e. The first-order valence-electron chi connectivity index (χ1n) is 10.8. The number of fused-ring (bicyclic) bond motifs is 5. The summed E-state index contributed by atoms with van der Waals surface area (Å²) in [6, 6.07) is 6.79. The van der Waals surface area contributed by atoms with Gasteiger partial charge in [-0.15, -0.1) is 0 Å². The zero-order valence-corrected chi connectivity index (χ0v) is 17.1. The molecular formula is C25H34O2. The molecule has 2 saturated carbocycles. The molecule has 5 unspecified atom stereocenters. The first-order chi connectivity index (χ1) is 13.1. The largest absolute Gasteiger partial charge is 0.489 e. The second-order valence-electron chi connectivity index (χ2n) is 9.07. The van der Waals surface area contributed by atoms with Crippen molar-refractivity contribution in [3.8, 4) is 5.75 Å². The van der Waals surface area contributed by atoms with Gasteiger partial charge in [0.15, 0.2) is 0 Å². The van der Waals surface area contributed by atoms with Crippen LogP contribution in [0.5, 0.6) is 5.75 Å². The van der Waals surface area contributed by atoms with E-state index in [4.69, 9.17) is 4.74 Å². The van der Waals surface area contributed by atoms with E-state index in [1.807, 2.05) is 6.92 Å². The van der Waals surface area contributed by atoms with Crippen molar-refractivity contribution in [2.75, 3.05) is 6.61 Å². The summed E-state index contributed by atoms with van der Waals surface area (Å²) in [6.07, 6.45) is 13.2. The number of benzene rings is 1. The Balaban J connectivity index is 1.51. The van der Waals surface area contributed by atoms with E-state index in [0.717, 1.165) is 24.5 Å². The lowest BCUT2D eigenvalue weighted by Gasteiger charge is -2.50. The van der Waals surface area contributed by atoms with Crippen LogP contribution in [0.1, 0.15) is 69.9 Å². The number of allylic oxidation sites excluding steroid dienone is 2. The molecule has 0 saturated heterocycles. The third kappa shape index (κ3) is 3.27. The van der Waals surface area contributed by atoms with Crippen LogP contribution in [0.2, 0.25) is 0 Å². The minimum Gasteiger partial charge on any atom is -0.489 e. The number of ether oxygens (including phenoxy) is 1. The quantitative estimate of drug-likeness (QED) is 0.682. The minimum atomic E-state index is -0.0846. The van der Waals surface area contributed by atoms with Gasteiger partial charge in [-0.25, -0.2) is 0 Å². The molecule has 0 heterocycles. The first kappa shape index (κ1) is 18.8. The predicted molar refractivity (Wildman–Crippen MR) is 111 cm³/mol. The Hall–Kier alpha value is -1.54. The molecule has 3 aliphatic rings. The topological polar surface area (TPSA) is 29.5 Å². The minimum absolute atomic E-state index is 0.0846. The first-order valence-corrected chi connectivity index (χ1v) is 10.8. The number of aliphatic hydroxyl groups excluding tert-OH is 1. The van der Waals surface area contributed by atoms with Crippen molar-refractivity contribution in [2.24, 2.45) is 17.3 Å². The highest BCUT2D eigenvalue weighted by atomic mass is 16.5. The highest BCUT2D eigenvalue weighted by Crippen LogP contribution is 2.60. The SMILES string of the molecule is CC=CC(=CC)COc1ccc2c(c1)CCC1C2CCC2(C)C(O)CCC12. The van der Waals surface area contributed by atoms with E-state index in [2.05, 4.69) is 50.3 Å². The van der Waals surface area contributed by atoms with Gasteiger partial charge < -0.3 is 9.84 Å². The Bertz CT molecular complexity index is 747. The standard InChI is InChI=1S/C25H34O2/c1-4-6-17(5-2)16-27-19-8-10-20-18(15-19)7-9-22-21(20)13-14-25(3)23(22)11-12-24(25)26/h4-6,8,10,15,21-24,26H,7,9,11-14,16H2,1-3H3. The van der Waals surface area contributed by atoms with Crippen LogP contribution in [-0.2, 0) is 6.42 Å². The zero-order chi connectivity index (χ0) is 19.0. The van der Waals surface area contributed by atoms with Gasteiger partial charge in [-0.05, 0) is 104 Å². The molecule has 2 fully saturated rings. The van der Waals surface area contributed by atoms with Crippen LogP contribution in [0.3, 0.4) is 0 Å². The molecule has 4 rings (SSSR count). The average molecular weight is 367 g/mol. The normalized spacial score (nSPS) is 35.6. The van der Waals surface area contributed by atoms with E-state index in [-0.39, 0.29) is 11.5 Å². The average Bonchev–Trinajstić information content (AvgIpc) is 2.99. The maximum Gasteiger partial charge on any atom is 0.120 e. The lowest BCUT2D eigenvalue weighted by Crippen LogP contribution is -2.43. The third-order valence-corrected chi connectivity index (χ3v) is 7.81. The second kappa shape index (κ2) is 7.47. The molecule has 146 valence electrons. The number of hydrogen-bond acceptors (Lipinski definition) is 2. The van der Waals surface area contributed by atoms with Gasteiger partial charge >= 0.3 is 0 Å². The van der Waals surface area contributed by atoms with Crippen molar-refractivity contribution in [1.29, 1.82) is 0 Å². The van der Waals surface area contributed by atoms with Crippen LogP contribution in [0.4, 0.5) is 0 Å². The summed E-state index contributed by atoms with van der Waals surface area (Å²) in [5.74, 6) is 3.13. The van der Waals surface area contributed by atoms with Crippen molar-refractivity contribution in [3.05, 3.63) is 53.1 Å². The summed E-state index contributed by atoms with van der Waals surface area (Å²) < 4.78 is 6.06. The number of hydrogen-bond donors (Lipinski definition) is 1. The van der Waals surface area contributed by atoms with Crippen molar-refractivity contribution < 1.29 is 9.84 Å². The Morgan fingerprint density at radius 3 is 2.85 bits per heavy atom. The van der Waals surface area contributed by atoms with Gasteiger partial charge in [-0.3, -0.25) is 0 Å². The van der Waals surface area contributed by atoms with Crippen LogP contribution >= 0.6 is 0 Å². The molecule has 0 spiro atoms. The fourth-order valence-corrected chi connectivity index (χ4v) is 6.23. The molecule has 0 radical (unpaired) electrons. The monoisotopic (exact) mass is 366 g/mol. The molecular weight excluding hydrogens is 332 g/mol. The van der Waals surface area contributed by atoms with E-state index in [1.54, 1.807) is 5.56 Å². The summed E-state index contributed by atoms with van der Waals surface area (Å²) in [5.41, 5.74) is 4.42. The van der Waals surface area contributed by atoms with Gasteiger partial charge in [0.2, 0.25) is 0 Å². The predicted octanol–water partition coefficient (Wildman–Crippen LogP) is 5.80. The van der Waals surface area contributed by atoms with Crippen molar-refractivity contribution in [2.45, 2.75) is 71.3 Å². The van der Waals surface area contributed by atoms with E-state index < -0.39 is 0 Å². The van der Waals surface area contributed by atoms with Crippen molar-refractivity contribution >= 4 is 0 Å². The molecule has 1 aromatic carbocycles. The molecule has 0 amide bonds. The molecule has 0 aromatic heterocycles. The summed E-state index contributed by atoms with van der Waals surface area (Å²) in [4.78, 5) is 0. The van der Waals surface area contributed by atoms with E-state index in [9.17, 15) is 5.11 Å². The van der Waals surface area contributed by atoms with Crippen LogP contribution in [-0.4, -0.2) is 17.8 Å². The van der Waals surface area contributed by atoms with Gasteiger partial charge in [-0.2, -0.15) is 0 Å². The summed E-state index contributed by atoms with van der Waals surface area (Å²) in [7, 11) is 0. The number of rotatable bonds is 4. The zero-order valence-electron chi connectivity index (χ0n) is 17.1. The van der Waals surface area contributed by atoms with Gasteiger partial charge in [0.1, 0.15) is 12.4 Å². The lowest BCUT2D eigenvalue weighted by atomic mass is 9.55. The van der Waals surface area contributed by atoms with Crippen molar-refractivity contribution in [1.82, 2.24) is 0 Å². The molecule has 3 aliphatic carbocycles. The van der Waals surface area contributed by atoms with Gasteiger partial charge in [-0.1, -0.05) is 31.2 Å². The van der Waals surface area contributed by atoms with Gasteiger partial charge in [0.05, 0.1) is 6.10 Å². The maximum atomic E-state index is 10.5. The Labute approximate surface area is 164 Å². The lowest BCUT2D eigenvalue weighted by molar-refractivity contribution is -0.0226. The van der Waals surface area contributed by atoms with E-state index in [0.29, 0.717) is 18.4 Å². The van der Waals surface area contributed by atoms with Crippen LogP contribution in [0, 0.1) is 17.3 Å². The van der Waals surface area contributed by atoms with E-state index >= 15 is 0 Å². The molecule has 0 bridgehead atoms. The molecule has 0 aliphatic heterocycles.